The summed E-state index contributed by atoms with van der Waals surface area (Å²) in [5, 5.41) is 13.3. The number of carbonyl (C=O) groups excluding carboxylic acids is 2. The van der Waals surface area contributed by atoms with Gasteiger partial charge in [0, 0.05) is 15.6 Å². The molecule has 0 radical (unpaired) electrons. The Morgan fingerprint density at radius 3 is 2.34 bits per heavy atom. The van der Waals surface area contributed by atoms with Gasteiger partial charge in [0.05, 0.1) is 22.0 Å². The third-order valence-electron chi connectivity index (χ3n) is 3.65. The Labute approximate surface area is 202 Å². The lowest BCUT2D eigenvalue weighted by atomic mass is 10.2. The number of hydrogen-bond donors (Lipinski definition) is 2. The van der Waals surface area contributed by atoms with Crippen LogP contribution in [0.3, 0.4) is 0 Å². The molecule has 0 bridgehead atoms. The predicted molar refractivity (Wildman–Crippen MR) is 120 cm³/mol. The van der Waals surface area contributed by atoms with Crippen LogP contribution < -0.4 is 10.6 Å². The van der Waals surface area contributed by atoms with Gasteiger partial charge in [0.2, 0.25) is 11.0 Å². The largest absolute Gasteiger partial charge is 0.416 e. The van der Waals surface area contributed by atoms with Gasteiger partial charge in [0.1, 0.15) is 0 Å². The average molecular weight is 542 g/mol. The normalized spacial score (nSPS) is 11.3. The molecule has 0 aliphatic rings. The first-order valence-electron chi connectivity index (χ1n) is 8.41. The fourth-order valence-corrected chi connectivity index (χ4v) is 4.52. The van der Waals surface area contributed by atoms with Gasteiger partial charge in [-0.05, 0) is 36.4 Å². The molecule has 0 unspecified atom stereocenters. The molecule has 168 valence electrons. The van der Waals surface area contributed by atoms with Gasteiger partial charge in [-0.2, -0.15) is 13.2 Å². The van der Waals surface area contributed by atoms with Crippen molar-refractivity contribution in [1.82, 2.24) is 10.2 Å². The fourth-order valence-electron chi connectivity index (χ4n) is 2.28. The second-order valence-corrected chi connectivity index (χ2v) is 9.49. The number of rotatable bonds is 6. The Morgan fingerprint density at radius 1 is 1.00 bits per heavy atom. The highest BCUT2D eigenvalue weighted by Gasteiger charge is 2.31. The topological polar surface area (TPSA) is 84.0 Å². The van der Waals surface area contributed by atoms with Gasteiger partial charge in [-0.3, -0.25) is 14.9 Å². The Morgan fingerprint density at radius 2 is 1.69 bits per heavy atom. The highest BCUT2D eigenvalue weighted by Crippen LogP contribution is 2.34. The molecule has 3 rings (SSSR count). The van der Waals surface area contributed by atoms with Gasteiger partial charge < -0.3 is 5.32 Å². The number of nitrogens with zero attached hydrogens (tertiary/aromatic N) is 2. The number of thioether (sulfide) groups is 1. The van der Waals surface area contributed by atoms with Crippen LogP contribution >= 0.6 is 57.9 Å². The average Bonchev–Trinajstić information content (AvgIpc) is 3.14. The molecule has 0 fully saturated rings. The molecule has 0 aliphatic carbocycles. The molecule has 0 aliphatic heterocycles. The number of carbonyl (C=O) groups is 2. The van der Waals surface area contributed by atoms with Crippen molar-refractivity contribution in [3.63, 3.8) is 0 Å². The Balaban J connectivity index is 1.57. The van der Waals surface area contributed by atoms with Crippen LogP contribution in [0.25, 0.3) is 0 Å². The lowest BCUT2D eigenvalue weighted by Gasteiger charge is -2.11. The predicted octanol–water partition coefficient (Wildman–Crippen LogP) is 6.50. The SMILES string of the molecule is O=C(CSc1nnc(NC(=O)c2cc(Cl)cc(Cl)c2)s1)Nc1cc(C(F)(F)F)ccc1Cl. The van der Waals surface area contributed by atoms with Gasteiger partial charge in [0.25, 0.3) is 5.91 Å². The van der Waals surface area contributed by atoms with Crippen LogP contribution in [-0.4, -0.2) is 27.8 Å². The van der Waals surface area contributed by atoms with E-state index in [1.807, 2.05) is 0 Å². The van der Waals surface area contributed by atoms with E-state index in [-0.39, 0.29) is 27.2 Å². The van der Waals surface area contributed by atoms with Crippen LogP contribution in [0.5, 0.6) is 0 Å². The van der Waals surface area contributed by atoms with Crippen LogP contribution in [-0.2, 0) is 11.0 Å². The first-order valence-corrected chi connectivity index (χ1v) is 11.4. The van der Waals surface area contributed by atoms with Crippen molar-refractivity contribution >= 4 is 80.5 Å². The molecule has 2 N–H and O–H groups in total. The number of hydrogen-bond acceptors (Lipinski definition) is 6. The van der Waals surface area contributed by atoms with Crippen LogP contribution in [0.4, 0.5) is 24.0 Å². The first-order chi connectivity index (χ1) is 15.0. The van der Waals surface area contributed by atoms with Gasteiger partial charge >= 0.3 is 6.18 Å². The maximum atomic E-state index is 12.8. The monoisotopic (exact) mass is 540 g/mol. The summed E-state index contributed by atoms with van der Waals surface area (Å²) in [7, 11) is 0. The van der Waals surface area contributed by atoms with E-state index in [0.717, 1.165) is 41.3 Å². The Kier molecular flexibility index (Phi) is 7.88. The van der Waals surface area contributed by atoms with Crippen LogP contribution in [0, 0.1) is 0 Å². The molecule has 14 heteroatoms. The summed E-state index contributed by atoms with van der Waals surface area (Å²) < 4.78 is 38.8. The second-order valence-electron chi connectivity index (χ2n) is 6.01. The summed E-state index contributed by atoms with van der Waals surface area (Å²) in [6.45, 7) is 0. The first kappa shape index (κ1) is 24.6. The number of alkyl halides is 3. The van der Waals surface area contributed by atoms with E-state index in [9.17, 15) is 22.8 Å². The molecular formula is C18H10Cl3F3N4O2S2. The van der Waals surface area contributed by atoms with Gasteiger partial charge in [-0.25, -0.2) is 0 Å². The van der Waals surface area contributed by atoms with E-state index in [1.54, 1.807) is 0 Å². The summed E-state index contributed by atoms with van der Waals surface area (Å²) >= 11 is 19.6. The van der Waals surface area contributed by atoms with E-state index in [2.05, 4.69) is 20.8 Å². The molecule has 2 amide bonds. The standard InChI is InChI=1S/C18H10Cl3F3N4O2S2/c19-10-3-8(4-11(20)6-10)15(30)26-16-27-28-17(32-16)31-7-14(29)25-13-5-9(18(22,23)24)1-2-12(13)21/h1-6H,7H2,(H,25,29)(H,26,27,30). The van der Waals surface area contributed by atoms with E-state index in [0.29, 0.717) is 14.4 Å². The molecule has 0 atom stereocenters. The van der Waals surface area contributed by atoms with E-state index < -0.39 is 23.6 Å². The zero-order chi connectivity index (χ0) is 23.5. The van der Waals surface area contributed by atoms with Gasteiger partial charge in [0.15, 0.2) is 4.34 Å². The lowest BCUT2D eigenvalue weighted by Crippen LogP contribution is -2.15. The second kappa shape index (κ2) is 10.3. The number of anilines is 2. The highest BCUT2D eigenvalue weighted by atomic mass is 35.5. The molecule has 0 saturated heterocycles. The molecule has 32 heavy (non-hydrogen) atoms. The van der Waals surface area contributed by atoms with E-state index >= 15 is 0 Å². The molecule has 2 aromatic carbocycles. The summed E-state index contributed by atoms with van der Waals surface area (Å²) in [4.78, 5) is 24.4. The Hall–Kier alpha value is -2.05. The number of benzene rings is 2. The summed E-state index contributed by atoms with van der Waals surface area (Å²) in [5.41, 5.74) is -0.864. The third-order valence-corrected chi connectivity index (χ3v) is 6.38. The highest BCUT2D eigenvalue weighted by molar-refractivity contribution is 8.01. The van der Waals surface area contributed by atoms with Crippen molar-refractivity contribution < 1.29 is 22.8 Å². The van der Waals surface area contributed by atoms with Crippen molar-refractivity contribution in [3.8, 4) is 0 Å². The lowest BCUT2D eigenvalue weighted by molar-refractivity contribution is -0.137. The van der Waals surface area contributed by atoms with Crippen LogP contribution in [0.15, 0.2) is 40.7 Å². The molecule has 3 aromatic rings. The van der Waals surface area contributed by atoms with Crippen molar-refractivity contribution in [2.75, 3.05) is 16.4 Å². The minimum atomic E-state index is -4.57. The van der Waals surface area contributed by atoms with Gasteiger partial charge in [-0.1, -0.05) is 57.9 Å². The quantitative estimate of drug-likeness (QED) is 0.275. The van der Waals surface area contributed by atoms with Gasteiger partial charge in [-0.15, -0.1) is 10.2 Å². The molecule has 0 saturated carbocycles. The van der Waals surface area contributed by atoms with E-state index in [1.165, 1.54) is 18.2 Å². The fraction of sp³-hybridized carbons (Fsp3) is 0.111. The van der Waals surface area contributed by atoms with Crippen LogP contribution in [0.2, 0.25) is 15.1 Å². The number of aromatic nitrogens is 2. The number of nitrogens with one attached hydrogen (secondary N) is 2. The van der Waals surface area contributed by atoms with Crippen molar-refractivity contribution in [2.45, 2.75) is 10.5 Å². The van der Waals surface area contributed by atoms with Crippen LogP contribution in [0.1, 0.15) is 15.9 Å². The minimum Gasteiger partial charge on any atom is -0.324 e. The zero-order valence-electron chi connectivity index (χ0n) is 15.5. The molecule has 0 spiro atoms. The molecule has 1 aromatic heterocycles. The van der Waals surface area contributed by atoms with Crippen molar-refractivity contribution in [3.05, 3.63) is 62.6 Å². The molecule has 1 heterocycles. The third kappa shape index (κ3) is 6.72. The zero-order valence-corrected chi connectivity index (χ0v) is 19.4. The number of amides is 2. The summed E-state index contributed by atoms with van der Waals surface area (Å²) in [6.07, 6.45) is -4.57. The maximum Gasteiger partial charge on any atom is 0.416 e. The van der Waals surface area contributed by atoms with Crippen molar-refractivity contribution in [2.24, 2.45) is 0 Å². The van der Waals surface area contributed by atoms with E-state index in [4.69, 9.17) is 34.8 Å². The molecular weight excluding hydrogens is 532 g/mol. The Bertz CT molecular complexity index is 1150. The minimum absolute atomic E-state index is 0.0293. The smallest absolute Gasteiger partial charge is 0.324 e. The molecule has 6 nitrogen and oxygen atoms in total. The van der Waals surface area contributed by atoms with Crippen molar-refractivity contribution in [1.29, 1.82) is 0 Å². The summed E-state index contributed by atoms with van der Waals surface area (Å²) in [5.74, 6) is -1.26. The summed E-state index contributed by atoms with van der Waals surface area (Å²) in [6, 6.07) is 6.98. The maximum absolute atomic E-state index is 12.8. The number of halogens is 6.